The maximum atomic E-state index is 14.2. The third kappa shape index (κ3) is 8.43. The lowest BCUT2D eigenvalue weighted by atomic mass is 9.92. The zero-order valence-corrected chi connectivity index (χ0v) is 29.8. The number of rotatable bonds is 12. The molecule has 270 valence electrons. The van der Waals surface area contributed by atoms with Crippen LogP contribution in [0.5, 0.6) is 5.75 Å². The predicted molar refractivity (Wildman–Crippen MR) is 186 cm³/mol. The number of hydrogen-bond acceptors (Lipinski definition) is 9. The smallest absolute Gasteiger partial charge is 0.339 e. The summed E-state index contributed by atoms with van der Waals surface area (Å²) in [7, 11) is 1.34. The summed E-state index contributed by atoms with van der Waals surface area (Å²) >= 11 is 0. The maximum Gasteiger partial charge on any atom is 0.339 e. The molecule has 0 amide bonds. The van der Waals surface area contributed by atoms with E-state index in [1.54, 1.807) is 25.1 Å². The first kappa shape index (κ1) is 37.2. The molecule has 50 heavy (non-hydrogen) atoms. The Balaban J connectivity index is 1.56. The molecule has 3 heterocycles. The van der Waals surface area contributed by atoms with E-state index in [0.717, 1.165) is 23.5 Å². The molecule has 2 atom stereocenters. The van der Waals surface area contributed by atoms with Crippen molar-refractivity contribution in [3.05, 3.63) is 71.4 Å². The van der Waals surface area contributed by atoms with Crippen molar-refractivity contribution in [3.63, 3.8) is 0 Å². The van der Waals surface area contributed by atoms with Gasteiger partial charge in [-0.3, -0.25) is 4.40 Å². The van der Waals surface area contributed by atoms with Crippen LogP contribution in [0.25, 0.3) is 28.0 Å². The zero-order valence-electron chi connectivity index (χ0n) is 29.8. The van der Waals surface area contributed by atoms with Gasteiger partial charge in [-0.1, -0.05) is 18.2 Å². The van der Waals surface area contributed by atoms with Crippen LogP contribution in [0.3, 0.4) is 0 Å². The Morgan fingerprint density at radius 1 is 1.06 bits per heavy atom. The lowest BCUT2D eigenvalue weighted by Crippen LogP contribution is -2.46. The minimum absolute atomic E-state index is 0.154. The number of hydrogen-bond donors (Lipinski definition) is 2. The number of pyridine rings is 1. The van der Waals surface area contributed by atoms with E-state index in [2.05, 4.69) is 11.8 Å². The van der Waals surface area contributed by atoms with Gasteiger partial charge in [0.05, 0.1) is 49.9 Å². The number of aryl methyl sites for hydroxylation is 1. The number of aromatic hydroxyl groups is 1. The summed E-state index contributed by atoms with van der Waals surface area (Å²) in [6.45, 7) is 13.6. The number of carbonyl (C=O) groups is 1. The normalized spacial score (nSPS) is 16.1. The summed E-state index contributed by atoms with van der Waals surface area (Å²) in [5, 5.41) is 19.9. The van der Waals surface area contributed by atoms with Crippen LogP contribution >= 0.6 is 0 Å². The second-order valence-electron chi connectivity index (χ2n) is 14.1. The molecule has 4 aromatic rings. The lowest BCUT2D eigenvalue weighted by Gasteiger charge is -2.41. The van der Waals surface area contributed by atoms with Gasteiger partial charge in [0, 0.05) is 42.0 Å². The minimum Gasteiger partial charge on any atom is -0.507 e. The van der Waals surface area contributed by atoms with E-state index in [-0.39, 0.29) is 17.9 Å². The molecule has 10 nitrogen and oxygen atoms in total. The van der Waals surface area contributed by atoms with Gasteiger partial charge in [-0.15, -0.1) is 0 Å². The Bertz CT molecular complexity index is 1830. The third-order valence-electron chi connectivity index (χ3n) is 8.79. The molecule has 1 fully saturated rings. The number of aliphatic hydroxyl groups is 1. The standard InChI is InChI=1S/C38H47F2N3O7/c1-23-17-32-41-30(26-10-8-9-25(18-26)27-19-28(39)29(40)20-31(27)45)21-43(32)35(33(23)34(36(46)47-7)50-37(3,4)5)42-13-11-38(6,12-14-42)49-16-15-48-22-24(2)44/h8-10,17-21,24,34,44-45H,11-16,22H2,1-7H3/t24-,34+/m1/s1. The van der Waals surface area contributed by atoms with Gasteiger partial charge in [-0.05, 0) is 83.7 Å². The number of phenolic OH excluding ortho intramolecular Hbond substituents is 1. The Morgan fingerprint density at radius 3 is 2.40 bits per heavy atom. The fourth-order valence-corrected chi connectivity index (χ4v) is 6.27. The number of anilines is 1. The summed E-state index contributed by atoms with van der Waals surface area (Å²) in [5.74, 6) is -2.34. The monoisotopic (exact) mass is 695 g/mol. The largest absolute Gasteiger partial charge is 0.507 e. The van der Waals surface area contributed by atoms with E-state index in [9.17, 15) is 23.8 Å². The average Bonchev–Trinajstić information content (AvgIpc) is 3.48. The number of nitrogens with zero attached hydrogens (tertiary/aromatic N) is 3. The summed E-state index contributed by atoms with van der Waals surface area (Å²) < 4.78 is 53.3. The van der Waals surface area contributed by atoms with Crippen LogP contribution in [0.4, 0.5) is 14.6 Å². The summed E-state index contributed by atoms with van der Waals surface area (Å²) in [6.07, 6.45) is 1.71. The highest BCUT2D eigenvalue weighted by Crippen LogP contribution is 2.40. The number of benzene rings is 2. The highest BCUT2D eigenvalue weighted by molar-refractivity contribution is 5.81. The number of esters is 1. The first-order valence-corrected chi connectivity index (χ1v) is 16.8. The second-order valence-corrected chi connectivity index (χ2v) is 14.1. The van der Waals surface area contributed by atoms with Crippen LogP contribution in [0.2, 0.25) is 0 Å². The van der Waals surface area contributed by atoms with E-state index in [1.807, 2.05) is 50.4 Å². The van der Waals surface area contributed by atoms with Crippen molar-refractivity contribution < 1.29 is 42.7 Å². The van der Waals surface area contributed by atoms with E-state index in [0.29, 0.717) is 67.2 Å². The van der Waals surface area contributed by atoms with Crippen LogP contribution in [-0.2, 0) is 23.7 Å². The fraction of sp³-hybridized carbons (Fsp3) is 0.474. The van der Waals surface area contributed by atoms with Gasteiger partial charge >= 0.3 is 5.97 Å². The molecule has 0 aliphatic carbocycles. The highest BCUT2D eigenvalue weighted by atomic mass is 19.2. The van der Waals surface area contributed by atoms with Crippen LogP contribution in [-0.4, -0.2) is 82.9 Å². The van der Waals surface area contributed by atoms with Gasteiger partial charge in [-0.2, -0.15) is 0 Å². The van der Waals surface area contributed by atoms with Crippen LogP contribution in [0, 0.1) is 18.6 Å². The van der Waals surface area contributed by atoms with Gasteiger partial charge in [0.2, 0.25) is 0 Å². The molecule has 0 bridgehead atoms. The van der Waals surface area contributed by atoms with Crippen molar-refractivity contribution in [2.75, 3.05) is 44.9 Å². The number of carbonyl (C=O) groups excluding carboxylic acids is 1. The number of ether oxygens (including phenoxy) is 4. The van der Waals surface area contributed by atoms with Crippen molar-refractivity contribution in [1.82, 2.24) is 9.38 Å². The Kier molecular flexibility index (Phi) is 11.2. The SMILES string of the molecule is COC(=O)[C@@H](OC(C)(C)C)c1c(C)cc2nc(-c3cccc(-c4cc(F)c(F)cc4O)c3)cn2c1N1CCC(C)(OCCOC[C@@H](C)O)CC1. The van der Waals surface area contributed by atoms with Crippen LogP contribution in [0.15, 0.2) is 48.7 Å². The van der Waals surface area contributed by atoms with Gasteiger partial charge < -0.3 is 34.1 Å². The molecule has 5 rings (SSSR count). The first-order valence-electron chi connectivity index (χ1n) is 16.8. The van der Waals surface area contributed by atoms with Gasteiger partial charge in [0.1, 0.15) is 17.2 Å². The van der Waals surface area contributed by atoms with Crippen LogP contribution < -0.4 is 4.90 Å². The molecular weight excluding hydrogens is 648 g/mol. The van der Waals surface area contributed by atoms with Gasteiger partial charge in [-0.25, -0.2) is 18.6 Å². The van der Waals surface area contributed by atoms with Crippen molar-refractivity contribution in [3.8, 4) is 28.1 Å². The summed E-state index contributed by atoms with van der Waals surface area (Å²) in [4.78, 5) is 20.6. The predicted octanol–water partition coefficient (Wildman–Crippen LogP) is 6.76. The summed E-state index contributed by atoms with van der Waals surface area (Å²) in [5.41, 5.74) is 2.96. The number of piperidine rings is 1. The zero-order chi connectivity index (χ0) is 36.4. The number of aromatic nitrogens is 2. The molecule has 1 aliphatic rings. The summed E-state index contributed by atoms with van der Waals surface area (Å²) in [6, 6.07) is 10.7. The maximum absolute atomic E-state index is 14.2. The van der Waals surface area contributed by atoms with E-state index < -0.39 is 41.0 Å². The van der Waals surface area contributed by atoms with E-state index in [1.165, 1.54) is 7.11 Å². The van der Waals surface area contributed by atoms with Gasteiger partial charge in [0.15, 0.2) is 17.7 Å². The quantitative estimate of drug-likeness (QED) is 0.123. The second kappa shape index (κ2) is 15.0. The first-order chi connectivity index (χ1) is 23.6. The van der Waals surface area contributed by atoms with Crippen molar-refractivity contribution >= 4 is 17.4 Å². The Morgan fingerprint density at radius 2 is 1.74 bits per heavy atom. The molecule has 0 unspecified atom stereocenters. The molecule has 1 saturated heterocycles. The Hall–Kier alpha value is -4.10. The van der Waals surface area contributed by atoms with Crippen molar-refractivity contribution in [1.29, 1.82) is 0 Å². The molecule has 2 N–H and O–H groups in total. The number of phenols is 1. The molecule has 0 saturated carbocycles. The molecule has 0 spiro atoms. The number of imidazole rings is 1. The number of fused-ring (bicyclic) bond motifs is 1. The molecular formula is C38H47F2N3O7. The average molecular weight is 696 g/mol. The molecule has 12 heteroatoms. The third-order valence-corrected chi connectivity index (χ3v) is 8.79. The molecule has 0 radical (unpaired) electrons. The molecule has 2 aromatic carbocycles. The fourth-order valence-electron chi connectivity index (χ4n) is 6.27. The van der Waals surface area contributed by atoms with Crippen LogP contribution in [0.1, 0.15) is 64.7 Å². The molecule has 2 aromatic heterocycles. The van der Waals surface area contributed by atoms with Crippen molar-refractivity contribution in [2.24, 2.45) is 0 Å². The lowest BCUT2D eigenvalue weighted by molar-refractivity contribution is -0.164. The molecule has 1 aliphatic heterocycles. The number of aliphatic hydroxyl groups excluding tert-OH is 1. The van der Waals surface area contributed by atoms with Crippen molar-refractivity contribution in [2.45, 2.75) is 77.8 Å². The topological polar surface area (TPSA) is 115 Å². The Labute approximate surface area is 291 Å². The minimum atomic E-state index is -1.13. The van der Waals surface area contributed by atoms with E-state index >= 15 is 0 Å². The van der Waals surface area contributed by atoms with E-state index in [4.69, 9.17) is 23.9 Å². The highest BCUT2D eigenvalue weighted by Gasteiger charge is 2.37. The number of halogens is 2. The number of methoxy groups -OCH3 is 1. The van der Waals surface area contributed by atoms with Gasteiger partial charge in [0.25, 0.3) is 0 Å².